The summed E-state index contributed by atoms with van der Waals surface area (Å²) in [6.07, 6.45) is 0. The number of hydrogen-bond donors (Lipinski definition) is 1. The van der Waals surface area contributed by atoms with Crippen molar-refractivity contribution in [2.24, 2.45) is 0 Å². The highest BCUT2D eigenvalue weighted by molar-refractivity contribution is 9.10. The lowest BCUT2D eigenvalue weighted by molar-refractivity contribution is 0.102. The molecule has 0 spiro atoms. The van der Waals surface area contributed by atoms with Gasteiger partial charge in [-0.15, -0.1) is 0 Å². The molecule has 0 aliphatic carbocycles. The van der Waals surface area contributed by atoms with Crippen LogP contribution in [0.1, 0.15) is 22.8 Å². The number of carbonyl (C=O) groups is 1. The minimum Gasteiger partial charge on any atom is -0.369 e. The van der Waals surface area contributed by atoms with Crippen molar-refractivity contribution in [3.8, 4) is 0 Å². The van der Waals surface area contributed by atoms with Crippen LogP contribution in [-0.4, -0.2) is 43.5 Å². The van der Waals surface area contributed by atoms with Gasteiger partial charge in [0, 0.05) is 42.0 Å². The number of rotatable bonds is 4. The van der Waals surface area contributed by atoms with Crippen LogP contribution in [0, 0.1) is 6.92 Å². The first kappa shape index (κ1) is 19.2. The highest BCUT2D eigenvalue weighted by Crippen LogP contribution is 2.26. The molecule has 0 bridgehead atoms. The summed E-state index contributed by atoms with van der Waals surface area (Å²) in [7, 11) is 0. The number of aryl methyl sites for hydroxylation is 1. The Kier molecular flexibility index (Phi) is 6.22. The molecule has 1 amide bonds. The van der Waals surface area contributed by atoms with Gasteiger partial charge in [-0.25, -0.2) is 0 Å². The van der Waals surface area contributed by atoms with Crippen LogP contribution in [0.2, 0.25) is 5.02 Å². The molecular weight excluding hydrogens is 414 g/mol. The van der Waals surface area contributed by atoms with Crippen LogP contribution in [0.3, 0.4) is 0 Å². The normalized spacial score (nSPS) is 15.2. The maximum atomic E-state index is 12.5. The second kappa shape index (κ2) is 8.42. The predicted molar refractivity (Wildman–Crippen MR) is 113 cm³/mol. The van der Waals surface area contributed by atoms with E-state index >= 15 is 0 Å². The van der Waals surface area contributed by atoms with Gasteiger partial charge in [-0.05, 0) is 55.4 Å². The highest BCUT2D eigenvalue weighted by atomic mass is 79.9. The summed E-state index contributed by atoms with van der Waals surface area (Å²) in [6, 6.07) is 11.4. The standard InChI is InChI=1S/C20H23BrClN3O/c1-3-24-8-10-25(11-9-24)16-5-7-19(14(2)12-16)23-20(26)17-6-4-15(21)13-18(17)22/h4-7,12-13H,3,8-11H2,1-2H3,(H,23,26). The number of carbonyl (C=O) groups excluding carboxylic acids is 1. The number of nitrogens with zero attached hydrogens (tertiary/aromatic N) is 2. The first-order valence-corrected chi connectivity index (χ1v) is 9.99. The van der Waals surface area contributed by atoms with Crippen molar-refractivity contribution < 1.29 is 4.79 Å². The Hall–Kier alpha value is -1.56. The van der Waals surface area contributed by atoms with Gasteiger partial charge in [0.25, 0.3) is 5.91 Å². The molecule has 4 nitrogen and oxygen atoms in total. The Bertz CT molecular complexity index is 804. The van der Waals surface area contributed by atoms with Gasteiger partial charge in [-0.2, -0.15) is 0 Å². The van der Waals surface area contributed by atoms with Gasteiger partial charge in [0.15, 0.2) is 0 Å². The van der Waals surface area contributed by atoms with Gasteiger partial charge in [0.05, 0.1) is 10.6 Å². The number of hydrogen-bond acceptors (Lipinski definition) is 3. The van der Waals surface area contributed by atoms with Crippen molar-refractivity contribution in [3.63, 3.8) is 0 Å². The van der Waals surface area contributed by atoms with E-state index in [4.69, 9.17) is 11.6 Å². The van der Waals surface area contributed by atoms with E-state index < -0.39 is 0 Å². The average Bonchev–Trinajstić information content (AvgIpc) is 2.63. The minimum absolute atomic E-state index is 0.199. The minimum atomic E-state index is -0.199. The van der Waals surface area contributed by atoms with Gasteiger partial charge in [0.1, 0.15) is 0 Å². The Morgan fingerprint density at radius 3 is 2.50 bits per heavy atom. The van der Waals surface area contributed by atoms with Crippen LogP contribution < -0.4 is 10.2 Å². The van der Waals surface area contributed by atoms with E-state index in [0.29, 0.717) is 10.6 Å². The van der Waals surface area contributed by atoms with E-state index in [9.17, 15) is 4.79 Å². The Morgan fingerprint density at radius 2 is 1.88 bits per heavy atom. The fourth-order valence-corrected chi connectivity index (χ4v) is 3.93. The van der Waals surface area contributed by atoms with Crippen molar-refractivity contribution in [1.82, 2.24) is 4.90 Å². The summed E-state index contributed by atoms with van der Waals surface area (Å²) in [5.41, 5.74) is 3.53. The third-order valence-electron chi connectivity index (χ3n) is 4.82. The van der Waals surface area contributed by atoms with Crippen LogP contribution in [0.25, 0.3) is 0 Å². The second-order valence-corrected chi connectivity index (χ2v) is 7.82. The third kappa shape index (κ3) is 4.40. The van der Waals surface area contributed by atoms with Crippen molar-refractivity contribution in [1.29, 1.82) is 0 Å². The zero-order valence-electron chi connectivity index (χ0n) is 15.1. The topological polar surface area (TPSA) is 35.6 Å². The summed E-state index contributed by atoms with van der Waals surface area (Å²) in [4.78, 5) is 17.4. The van der Waals surface area contributed by atoms with E-state index in [0.717, 1.165) is 48.4 Å². The smallest absolute Gasteiger partial charge is 0.257 e. The first-order chi connectivity index (χ1) is 12.5. The Morgan fingerprint density at radius 1 is 1.15 bits per heavy atom. The zero-order valence-corrected chi connectivity index (χ0v) is 17.4. The first-order valence-electron chi connectivity index (χ1n) is 8.82. The molecule has 3 rings (SSSR count). The van der Waals surface area contributed by atoms with E-state index in [-0.39, 0.29) is 5.91 Å². The molecule has 0 saturated carbocycles. The average molecular weight is 437 g/mol. The van der Waals surface area contributed by atoms with Crippen LogP contribution >= 0.6 is 27.5 Å². The summed E-state index contributed by atoms with van der Waals surface area (Å²) in [5, 5.41) is 3.40. The van der Waals surface area contributed by atoms with Crippen LogP contribution in [0.5, 0.6) is 0 Å². The summed E-state index contributed by atoms with van der Waals surface area (Å²) >= 11 is 9.53. The number of amides is 1. The lowest BCUT2D eigenvalue weighted by Crippen LogP contribution is -2.46. The maximum absolute atomic E-state index is 12.5. The molecule has 0 unspecified atom stereocenters. The number of halogens is 2. The van der Waals surface area contributed by atoms with Crippen molar-refractivity contribution in [2.75, 3.05) is 42.9 Å². The lowest BCUT2D eigenvalue weighted by atomic mass is 10.1. The fourth-order valence-electron chi connectivity index (χ4n) is 3.17. The molecule has 1 fully saturated rings. The van der Waals surface area contributed by atoms with E-state index in [1.54, 1.807) is 12.1 Å². The van der Waals surface area contributed by atoms with E-state index in [2.05, 4.69) is 50.1 Å². The Balaban J connectivity index is 1.71. The van der Waals surface area contributed by atoms with Gasteiger partial charge < -0.3 is 15.1 Å². The lowest BCUT2D eigenvalue weighted by Gasteiger charge is -2.35. The largest absolute Gasteiger partial charge is 0.369 e. The van der Waals surface area contributed by atoms with Crippen molar-refractivity contribution in [3.05, 3.63) is 57.0 Å². The van der Waals surface area contributed by atoms with Gasteiger partial charge in [-0.3, -0.25) is 4.79 Å². The van der Waals surface area contributed by atoms with Crippen LogP contribution in [0.15, 0.2) is 40.9 Å². The highest BCUT2D eigenvalue weighted by Gasteiger charge is 2.17. The Labute approximate surface area is 168 Å². The molecular formula is C20H23BrClN3O. The maximum Gasteiger partial charge on any atom is 0.257 e. The third-order valence-corrected chi connectivity index (χ3v) is 5.62. The number of likely N-dealkylation sites (N-methyl/N-ethyl adjacent to an activating group) is 1. The fraction of sp³-hybridized carbons (Fsp3) is 0.350. The monoisotopic (exact) mass is 435 g/mol. The van der Waals surface area contributed by atoms with Gasteiger partial charge in [0.2, 0.25) is 0 Å². The predicted octanol–water partition coefficient (Wildman–Crippen LogP) is 4.81. The molecule has 2 aromatic carbocycles. The van der Waals surface area contributed by atoms with Gasteiger partial charge in [-0.1, -0.05) is 34.5 Å². The molecule has 6 heteroatoms. The molecule has 2 aromatic rings. The SMILES string of the molecule is CCN1CCN(c2ccc(NC(=O)c3ccc(Br)cc3Cl)c(C)c2)CC1. The van der Waals surface area contributed by atoms with Crippen molar-refractivity contribution >= 4 is 44.8 Å². The summed E-state index contributed by atoms with van der Waals surface area (Å²) < 4.78 is 0.850. The van der Waals surface area contributed by atoms with Crippen molar-refractivity contribution in [2.45, 2.75) is 13.8 Å². The number of nitrogens with one attached hydrogen (secondary N) is 1. The molecule has 26 heavy (non-hydrogen) atoms. The van der Waals surface area contributed by atoms with E-state index in [1.807, 2.05) is 19.1 Å². The molecule has 0 radical (unpaired) electrons. The van der Waals surface area contributed by atoms with Crippen LogP contribution in [-0.2, 0) is 0 Å². The zero-order chi connectivity index (χ0) is 18.7. The molecule has 1 heterocycles. The molecule has 1 saturated heterocycles. The second-order valence-electron chi connectivity index (χ2n) is 6.50. The molecule has 138 valence electrons. The summed E-state index contributed by atoms with van der Waals surface area (Å²) in [6.45, 7) is 9.59. The number of benzene rings is 2. The van der Waals surface area contributed by atoms with Crippen LogP contribution in [0.4, 0.5) is 11.4 Å². The number of piperazine rings is 1. The van der Waals surface area contributed by atoms with Gasteiger partial charge >= 0.3 is 0 Å². The quantitative estimate of drug-likeness (QED) is 0.747. The molecule has 1 aliphatic rings. The number of anilines is 2. The molecule has 1 aliphatic heterocycles. The molecule has 1 N–H and O–H groups in total. The summed E-state index contributed by atoms with van der Waals surface area (Å²) in [5.74, 6) is -0.199. The van der Waals surface area contributed by atoms with E-state index in [1.165, 1.54) is 5.69 Å². The molecule has 0 aromatic heterocycles. The molecule has 0 atom stereocenters.